The van der Waals surface area contributed by atoms with E-state index in [4.69, 9.17) is 16.3 Å². The molecule has 9 heteroatoms. The minimum atomic E-state index is -1.02. The van der Waals surface area contributed by atoms with Gasteiger partial charge in [0.15, 0.2) is 11.6 Å². The highest BCUT2D eigenvalue weighted by atomic mass is 35.5. The van der Waals surface area contributed by atoms with E-state index in [-0.39, 0.29) is 47.5 Å². The molecule has 3 aliphatic rings. The summed E-state index contributed by atoms with van der Waals surface area (Å²) in [7, 11) is 0. The van der Waals surface area contributed by atoms with Crippen molar-refractivity contribution >= 4 is 35.1 Å². The number of nitrogens with zero attached hydrogens (tertiary/aromatic N) is 1. The van der Waals surface area contributed by atoms with E-state index in [1.165, 1.54) is 12.1 Å². The molecule has 0 amide bonds. The van der Waals surface area contributed by atoms with Gasteiger partial charge >= 0.3 is 11.9 Å². The van der Waals surface area contributed by atoms with Crippen molar-refractivity contribution in [3.8, 4) is 5.75 Å². The van der Waals surface area contributed by atoms with Gasteiger partial charge in [0.1, 0.15) is 12.4 Å². The lowest BCUT2D eigenvalue weighted by Crippen LogP contribution is -2.45. The fraction of sp³-hybridized carbons (Fsp3) is 0.412. The predicted molar refractivity (Wildman–Crippen MR) is 161 cm³/mol. The minimum Gasteiger partial charge on any atom is -0.489 e. The molecule has 2 N–H and O–H groups in total. The molecule has 5 rings (SSSR count). The minimum absolute atomic E-state index is 0.0732. The number of rotatable bonds is 8. The quantitative estimate of drug-likeness (QED) is 0.338. The Hall–Kier alpha value is -3.91. The van der Waals surface area contributed by atoms with Crippen molar-refractivity contribution in [2.45, 2.75) is 72.3 Å². The molecule has 226 valence electrons. The van der Waals surface area contributed by atoms with E-state index >= 15 is 0 Å². The number of carbonyl (C=O) groups excluding carboxylic acids is 2. The summed E-state index contributed by atoms with van der Waals surface area (Å²) in [6.45, 7) is 8.42. The molecule has 0 aromatic heterocycles. The number of aromatic carboxylic acids is 1. The molecule has 2 aromatic carbocycles. The average molecular weight is 606 g/mol. The van der Waals surface area contributed by atoms with Gasteiger partial charge in [-0.25, -0.2) is 4.79 Å². The number of hydrogen-bond acceptors (Lipinski definition) is 6. The van der Waals surface area contributed by atoms with Crippen molar-refractivity contribution in [3.63, 3.8) is 0 Å². The van der Waals surface area contributed by atoms with Gasteiger partial charge in [0.05, 0.1) is 12.0 Å². The Morgan fingerprint density at radius 1 is 0.884 bits per heavy atom. The van der Waals surface area contributed by atoms with Gasteiger partial charge in [0.25, 0.3) is 0 Å². The van der Waals surface area contributed by atoms with E-state index in [2.05, 4.69) is 0 Å². The summed E-state index contributed by atoms with van der Waals surface area (Å²) in [5, 5.41) is 19.2. The topological polar surface area (TPSA) is 121 Å². The van der Waals surface area contributed by atoms with E-state index in [0.29, 0.717) is 53.2 Å². The van der Waals surface area contributed by atoms with Crippen LogP contribution in [-0.2, 0) is 21.0 Å². The Bertz CT molecular complexity index is 1530. The van der Waals surface area contributed by atoms with Gasteiger partial charge in [-0.3, -0.25) is 14.4 Å². The van der Waals surface area contributed by atoms with Gasteiger partial charge in [-0.1, -0.05) is 51.4 Å². The monoisotopic (exact) mass is 605 g/mol. The molecule has 0 unspecified atom stereocenters. The Morgan fingerprint density at radius 2 is 1.44 bits per heavy atom. The number of aliphatic carboxylic acids is 1. The fourth-order valence-electron chi connectivity index (χ4n) is 6.62. The molecule has 2 aromatic rings. The standard InChI is InChI=1S/C34H36ClNO7/c1-33(2)14-23-30(25(37)16-33)29(31-24(36(23)12-11-28(39)40)15-34(3,4)17-26(31)38)22-13-21(35)9-10-27(22)43-18-19-5-7-20(8-6-19)32(41)42/h5-10,13,29H,11-12,14-18H2,1-4H3,(H,39,40)(H,41,42). The maximum absolute atomic E-state index is 14.0. The molecule has 2 aliphatic carbocycles. The number of carbonyl (C=O) groups is 4. The lowest BCUT2D eigenvalue weighted by molar-refractivity contribution is -0.137. The summed E-state index contributed by atoms with van der Waals surface area (Å²) in [4.78, 5) is 53.0. The average Bonchev–Trinajstić information content (AvgIpc) is 2.89. The fourth-order valence-corrected chi connectivity index (χ4v) is 6.80. The lowest BCUT2D eigenvalue weighted by Gasteiger charge is -2.49. The van der Waals surface area contributed by atoms with Gasteiger partial charge in [-0.05, 0) is 59.6 Å². The number of hydrogen-bond donors (Lipinski definition) is 2. The molecular weight excluding hydrogens is 570 g/mol. The Kier molecular flexibility index (Phi) is 8.03. The van der Waals surface area contributed by atoms with Gasteiger partial charge in [0.2, 0.25) is 0 Å². The van der Waals surface area contributed by atoms with Gasteiger partial charge in [-0.2, -0.15) is 0 Å². The molecule has 0 bridgehead atoms. The first kappa shape index (κ1) is 30.5. The largest absolute Gasteiger partial charge is 0.489 e. The molecule has 0 saturated carbocycles. The molecule has 0 spiro atoms. The number of benzene rings is 2. The number of allylic oxidation sites excluding steroid dienone is 4. The van der Waals surface area contributed by atoms with Crippen LogP contribution in [0.15, 0.2) is 65.0 Å². The van der Waals surface area contributed by atoms with Crippen molar-refractivity contribution in [1.29, 1.82) is 0 Å². The number of carboxylic acids is 2. The van der Waals surface area contributed by atoms with Crippen molar-refractivity contribution in [3.05, 3.63) is 86.7 Å². The second kappa shape index (κ2) is 11.3. The summed E-state index contributed by atoms with van der Waals surface area (Å²) < 4.78 is 6.28. The summed E-state index contributed by atoms with van der Waals surface area (Å²) in [6, 6.07) is 11.6. The van der Waals surface area contributed by atoms with E-state index in [1.807, 2.05) is 32.6 Å². The molecule has 0 fully saturated rings. The van der Waals surface area contributed by atoms with E-state index < -0.39 is 17.9 Å². The van der Waals surface area contributed by atoms with Crippen LogP contribution in [0.3, 0.4) is 0 Å². The van der Waals surface area contributed by atoms with Crippen molar-refractivity contribution in [2.75, 3.05) is 6.54 Å². The second-order valence-electron chi connectivity index (χ2n) is 13.3. The predicted octanol–water partition coefficient (Wildman–Crippen LogP) is 6.78. The summed E-state index contributed by atoms with van der Waals surface area (Å²) in [6.07, 6.45) is 1.58. The van der Waals surface area contributed by atoms with Crippen LogP contribution in [0.2, 0.25) is 5.02 Å². The maximum Gasteiger partial charge on any atom is 0.335 e. The van der Waals surface area contributed by atoms with Crippen molar-refractivity contribution < 1.29 is 34.1 Å². The van der Waals surface area contributed by atoms with Crippen LogP contribution in [-0.4, -0.2) is 45.2 Å². The molecule has 43 heavy (non-hydrogen) atoms. The Morgan fingerprint density at radius 3 is 1.95 bits per heavy atom. The highest BCUT2D eigenvalue weighted by Crippen LogP contribution is 2.55. The second-order valence-corrected chi connectivity index (χ2v) is 13.7. The van der Waals surface area contributed by atoms with Gasteiger partial charge in [0, 0.05) is 58.4 Å². The van der Waals surface area contributed by atoms with Crippen LogP contribution in [0.1, 0.15) is 87.2 Å². The first-order chi connectivity index (χ1) is 20.2. The first-order valence-electron chi connectivity index (χ1n) is 14.4. The van der Waals surface area contributed by atoms with Crippen LogP contribution in [0.25, 0.3) is 0 Å². The normalized spacial score (nSPS) is 19.7. The molecule has 0 saturated heterocycles. The number of ether oxygens (including phenoxy) is 1. The van der Waals surface area contributed by atoms with E-state index in [1.54, 1.807) is 30.3 Å². The smallest absolute Gasteiger partial charge is 0.335 e. The maximum atomic E-state index is 14.0. The summed E-state index contributed by atoms with van der Waals surface area (Å²) in [5.74, 6) is -2.36. The SMILES string of the molecule is CC1(C)CC(=O)C2=C(C1)N(CCC(=O)O)C1=C(C(=O)CC(C)(C)C1)C2c1cc(Cl)ccc1OCc1ccc(C(=O)O)cc1. The first-order valence-corrected chi connectivity index (χ1v) is 14.8. The molecule has 1 heterocycles. The lowest BCUT2D eigenvalue weighted by atomic mass is 9.63. The number of Topliss-reactive ketones (excluding diaryl/α,β-unsaturated/α-hetero) is 2. The summed E-state index contributed by atoms with van der Waals surface area (Å²) >= 11 is 6.54. The molecule has 0 atom stereocenters. The van der Waals surface area contributed by atoms with Crippen LogP contribution in [0.5, 0.6) is 5.75 Å². The third-order valence-corrected chi connectivity index (χ3v) is 8.68. The molecule has 0 radical (unpaired) electrons. The number of halogens is 1. The highest BCUT2D eigenvalue weighted by Gasteiger charge is 2.49. The van der Waals surface area contributed by atoms with E-state index in [0.717, 1.165) is 17.0 Å². The molecule has 1 aliphatic heterocycles. The van der Waals surface area contributed by atoms with Crippen LogP contribution >= 0.6 is 11.6 Å². The molecule has 8 nitrogen and oxygen atoms in total. The van der Waals surface area contributed by atoms with Gasteiger partial charge < -0.3 is 19.8 Å². The Balaban J connectivity index is 1.66. The Labute approximate surface area is 256 Å². The zero-order chi connectivity index (χ0) is 31.3. The van der Waals surface area contributed by atoms with E-state index in [9.17, 15) is 29.4 Å². The van der Waals surface area contributed by atoms with Crippen molar-refractivity contribution in [1.82, 2.24) is 4.90 Å². The third-order valence-electron chi connectivity index (χ3n) is 8.45. The van der Waals surface area contributed by atoms with Crippen molar-refractivity contribution in [2.24, 2.45) is 10.8 Å². The number of carboxylic acid groups (broad SMARTS) is 2. The number of ketones is 2. The van der Waals surface area contributed by atoms with Crippen LogP contribution in [0.4, 0.5) is 0 Å². The van der Waals surface area contributed by atoms with Gasteiger partial charge in [-0.15, -0.1) is 0 Å². The van der Waals surface area contributed by atoms with Crippen LogP contribution in [0, 0.1) is 10.8 Å². The highest BCUT2D eigenvalue weighted by molar-refractivity contribution is 6.30. The zero-order valence-corrected chi connectivity index (χ0v) is 25.6. The van der Waals surface area contributed by atoms with Crippen LogP contribution < -0.4 is 4.74 Å². The zero-order valence-electron chi connectivity index (χ0n) is 24.8. The third kappa shape index (κ3) is 6.25. The molecular formula is C34H36ClNO7. The summed E-state index contributed by atoms with van der Waals surface area (Å²) in [5.41, 5.74) is 3.40.